The van der Waals surface area contributed by atoms with Crippen LogP contribution < -0.4 is 10.1 Å². The van der Waals surface area contributed by atoms with E-state index in [2.05, 4.69) is 15.1 Å². The average Bonchev–Trinajstić information content (AvgIpc) is 2.54. The zero-order chi connectivity index (χ0) is 17.5. The number of hydrogen-bond acceptors (Lipinski definition) is 5. The Morgan fingerprint density at radius 3 is 2.92 bits per heavy atom. The molecule has 0 saturated carbocycles. The van der Waals surface area contributed by atoms with Gasteiger partial charge in [0, 0.05) is 25.2 Å². The fourth-order valence-corrected chi connectivity index (χ4v) is 3.03. The highest BCUT2D eigenvalue weighted by atomic mass is 16.5. The molecule has 1 N–H and O–H groups in total. The number of methoxy groups -OCH3 is 1. The Hall–Kier alpha value is -1.63. The van der Waals surface area contributed by atoms with Crippen LogP contribution in [0.15, 0.2) is 24.3 Å². The van der Waals surface area contributed by atoms with Crippen LogP contribution in [0, 0.1) is 0 Å². The topological polar surface area (TPSA) is 54.0 Å². The summed E-state index contributed by atoms with van der Waals surface area (Å²) in [4.78, 5) is 16.6. The van der Waals surface area contributed by atoms with Crippen molar-refractivity contribution in [3.8, 4) is 5.75 Å². The Kier molecular flexibility index (Phi) is 7.02. The third-order valence-electron chi connectivity index (χ3n) is 4.14. The van der Waals surface area contributed by atoms with Crippen LogP contribution in [-0.2, 0) is 9.53 Å². The summed E-state index contributed by atoms with van der Waals surface area (Å²) >= 11 is 0. The third-order valence-corrected chi connectivity index (χ3v) is 4.14. The number of carbonyl (C=O) groups excluding carboxylic acids is 1. The van der Waals surface area contributed by atoms with Crippen LogP contribution in [0.4, 0.5) is 0 Å². The SMILES string of the molecule is COc1ccccc1C(C)NC(=O)CN1CCOC(CN(C)C)C1. The van der Waals surface area contributed by atoms with Gasteiger partial charge in [-0.15, -0.1) is 0 Å². The molecule has 1 aliphatic heterocycles. The molecule has 2 atom stereocenters. The van der Waals surface area contributed by atoms with Crippen molar-refractivity contribution < 1.29 is 14.3 Å². The van der Waals surface area contributed by atoms with Gasteiger partial charge >= 0.3 is 0 Å². The predicted molar refractivity (Wildman–Crippen MR) is 94.3 cm³/mol. The summed E-state index contributed by atoms with van der Waals surface area (Å²) in [6, 6.07) is 7.67. The summed E-state index contributed by atoms with van der Waals surface area (Å²) in [5.74, 6) is 0.821. The number of rotatable bonds is 7. The minimum atomic E-state index is -0.0905. The Balaban J connectivity index is 1.86. The van der Waals surface area contributed by atoms with Gasteiger partial charge in [0.15, 0.2) is 0 Å². The normalized spacial score (nSPS) is 20.0. The lowest BCUT2D eigenvalue weighted by Gasteiger charge is -2.34. The maximum absolute atomic E-state index is 12.4. The van der Waals surface area contributed by atoms with E-state index in [1.165, 1.54) is 0 Å². The minimum Gasteiger partial charge on any atom is -0.496 e. The summed E-state index contributed by atoms with van der Waals surface area (Å²) in [6.07, 6.45) is 0.160. The second-order valence-corrected chi connectivity index (χ2v) is 6.52. The van der Waals surface area contributed by atoms with Crippen molar-refractivity contribution in [1.82, 2.24) is 15.1 Å². The summed E-state index contributed by atoms with van der Waals surface area (Å²) in [5, 5.41) is 3.06. The van der Waals surface area contributed by atoms with Crippen molar-refractivity contribution in [3.63, 3.8) is 0 Å². The fraction of sp³-hybridized carbons (Fsp3) is 0.611. The van der Waals surface area contributed by atoms with Gasteiger partial charge in [0.05, 0.1) is 32.4 Å². The highest BCUT2D eigenvalue weighted by Crippen LogP contribution is 2.24. The van der Waals surface area contributed by atoms with Crippen LogP contribution in [0.2, 0.25) is 0 Å². The molecule has 0 radical (unpaired) electrons. The second kappa shape index (κ2) is 9.01. The van der Waals surface area contributed by atoms with E-state index in [4.69, 9.17) is 9.47 Å². The Bertz CT molecular complexity index is 536. The maximum Gasteiger partial charge on any atom is 0.234 e. The summed E-state index contributed by atoms with van der Waals surface area (Å²) in [6.45, 7) is 5.50. The molecule has 2 unspecified atom stereocenters. The van der Waals surface area contributed by atoms with Crippen LogP contribution in [0.25, 0.3) is 0 Å². The molecule has 6 nitrogen and oxygen atoms in total. The average molecular weight is 335 g/mol. The van der Waals surface area contributed by atoms with Crippen LogP contribution >= 0.6 is 0 Å². The number of ether oxygens (including phenoxy) is 2. The van der Waals surface area contributed by atoms with E-state index in [1.54, 1.807) is 7.11 Å². The van der Waals surface area contributed by atoms with E-state index < -0.39 is 0 Å². The van der Waals surface area contributed by atoms with Gasteiger partial charge in [0.25, 0.3) is 0 Å². The lowest BCUT2D eigenvalue weighted by Crippen LogP contribution is -2.49. The van der Waals surface area contributed by atoms with Crippen molar-refractivity contribution in [2.24, 2.45) is 0 Å². The maximum atomic E-state index is 12.4. The number of nitrogens with zero attached hydrogens (tertiary/aromatic N) is 2. The molecule has 134 valence electrons. The molecule has 0 bridgehead atoms. The van der Waals surface area contributed by atoms with Gasteiger partial charge in [-0.1, -0.05) is 18.2 Å². The standard InChI is InChI=1S/C18H29N3O3/c1-14(16-7-5-6-8-17(16)23-4)19-18(22)13-21-9-10-24-15(12-21)11-20(2)3/h5-8,14-15H,9-13H2,1-4H3,(H,19,22). The number of para-hydroxylation sites is 1. The number of benzene rings is 1. The van der Waals surface area contributed by atoms with E-state index in [1.807, 2.05) is 45.3 Å². The fourth-order valence-electron chi connectivity index (χ4n) is 3.03. The van der Waals surface area contributed by atoms with Crippen LogP contribution in [-0.4, -0.2) is 75.8 Å². The molecule has 1 fully saturated rings. The van der Waals surface area contributed by atoms with Crippen molar-refractivity contribution >= 4 is 5.91 Å². The zero-order valence-corrected chi connectivity index (χ0v) is 15.1. The van der Waals surface area contributed by atoms with Crippen LogP contribution in [0.1, 0.15) is 18.5 Å². The summed E-state index contributed by atoms with van der Waals surface area (Å²) in [5.41, 5.74) is 0.987. The largest absolute Gasteiger partial charge is 0.496 e. The van der Waals surface area contributed by atoms with Gasteiger partial charge in [-0.2, -0.15) is 0 Å². The number of morpholine rings is 1. The Morgan fingerprint density at radius 1 is 1.46 bits per heavy atom. The van der Waals surface area contributed by atoms with Crippen molar-refractivity contribution in [2.45, 2.75) is 19.1 Å². The van der Waals surface area contributed by atoms with E-state index in [0.29, 0.717) is 13.2 Å². The minimum absolute atomic E-state index is 0.0268. The lowest BCUT2D eigenvalue weighted by molar-refractivity contribution is -0.125. The highest BCUT2D eigenvalue weighted by Gasteiger charge is 2.23. The molecule has 0 aliphatic carbocycles. The smallest absolute Gasteiger partial charge is 0.234 e. The molecule has 1 aromatic carbocycles. The second-order valence-electron chi connectivity index (χ2n) is 6.52. The zero-order valence-electron chi connectivity index (χ0n) is 15.1. The molecule has 24 heavy (non-hydrogen) atoms. The third kappa shape index (κ3) is 5.47. The predicted octanol–water partition coefficient (Wildman–Crippen LogP) is 1.13. The van der Waals surface area contributed by atoms with E-state index in [-0.39, 0.29) is 18.1 Å². The quantitative estimate of drug-likeness (QED) is 0.810. The molecule has 1 heterocycles. The van der Waals surface area contributed by atoms with Crippen molar-refractivity contribution in [1.29, 1.82) is 0 Å². The first-order chi connectivity index (χ1) is 11.5. The summed E-state index contributed by atoms with van der Waals surface area (Å²) in [7, 11) is 5.71. The molecule has 1 saturated heterocycles. The van der Waals surface area contributed by atoms with Gasteiger partial charge in [0.2, 0.25) is 5.91 Å². The van der Waals surface area contributed by atoms with Gasteiger partial charge in [-0.05, 0) is 27.1 Å². The van der Waals surface area contributed by atoms with Crippen LogP contribution in [0.5, 0.6) is 5.75 Å². The summed E-state index contributed by atoms with van der Waals surface area (Å²) < 4.78 is 11.1. The van der Waals surface area contributed by atoms with E-state index >= 15 is 0 Å². The van der Waals surface area contributed by atoms with Crippen molar-refractivity contribution in [2.75, 3.05) is 54.0 Å². The first-order valence-corrected chi connectivity index (χ1v) is 8.40. The lowest BCUT2D eigenvalue weighted by atomic mass is 10.1. The molecule has 6 heteroatoms. The van der Waals surface area contributed by atoms with Crippen LogP contribution in [0.3, 0.4) is 0 Å². The Morgan fingerprint density at radius 2 is 2.21 bits per heavy atom. The molecule has 0 spiro atoms. The number of amides is 1. The van der Waals surface area contributed by atoms with E-state index in [0.717, 1.165) is 30.9 Å². The first kappa shape index (κ1) is 18.7. The Labute approximate surface area is 144 Å². The number of likely N-dealkylation sites (N-methyl/N-ethyl adjacent to an activating group) is 1. The first-order valence-electron chi connectivity index (χ1n) is 8.40. The number of hydrogen-bond donors (Lipinski definition) is 1. The molecule has 1 aliphatic rings. The monoisotopic (exact) mass is 335 g/mol. The van der Waals surface area contributed by atoms with Gasteiger partial charge in [-0.3, -0.25) is 9.69 Å². The van der Waals surface area contributed by atoms with Gasteiger partial charge in [0.1, 0.15) is 5.75 Å². The van der Waals surface area contributed by atoms with Gasteiger partial charge in [-0.25, -0.2) is 0 Å². The number of carbonyl (C=O) groups is 1. The molecular weight excluding hydrogens is 306 g/mol. The number of nitrogens with one attached hydrogen (secondary N) is 1. The van der Waals surface area contributed by atoms with Gasteiger partial charge < -0.3 is 19.7 Å². The van der Waals surface area contributed by atoms with Crippen molar-refractivity contribution in [3.05, 3.63) is 29.8 Å². The molecule has 2 rings (SSSR count). The molecule has 0 aromatic heterocycles. The molecular formula is C18H29N3O3. The van der Waals surface area contributed by atoms with E-state index in [9.17, 15) is 4.79 Å². The molecule has 1 aromatic rings. The highest BCUT2D eigenvalue weighted by molar-refractivity contribution is 5.78. The molecule has 1 amide bonds.